The van der Waals surface area contributed by atoms with Crippen molar-refractivity contribution in [3.63, 3.8) is 0 Å². The minimum absolute atomic E-state index is 0.286. The molecular formula is C15H27BrN4O. The van der Waals surface area contributed by atoms with E-state index in [2.05, 4.69) is 40.3 Å². The van der Waals surface area contributed by atoms with Crippen LogP contribution < -0.4 is 11.3 Å². The van der Waals surface area contributed by atoms with E-state index in [1.54, 1.807) is 0 Å². The van der Waals surface area contributed by atoms with Gasteiger partial charge < -0.3 is 4.74 Å². The van der Waals surface area contributed by atoms with Gasteiger partial charge in [0.2, 0.25) is 0 Å². The van der Waals surface area contributed by atoms with E-state index in [1.165, 1.54) is 18.5 Å². The molecule has 0 spiro atoms. The molecule has 0 amide bonds. The highest BCUT2D eigenvalue weighted by molar-refractivity contribution is 9.10. The van der Waals surface area contributed by atoms with Crippen LogP contribution in [0.15, 0.2) is 4.47 Å². The SMILES string of the molecule is CCOC1CC(CC(Cc2c(Br)c(CC)nn2C)NN)C1. The lowest BCUT2D eigenvalue weighted by Crippen LogP contribution is -2.42. The Morgan fingerprint density at radius 3 is 2.71 bits per heavy atom. The van der Waals surface area contributed by atoms with Crippen LogP contribution in [-0.4, -0.2) is 28.5 Å². The van der Waals surface area contributed by atoms with Crippen LogP contribution >= 0.6 is 15.9 Å². The van der Waals surface area contributed by atoms with Crippen molar-refractivity contribution in [1.29, 1.82) is 0 Å². The van der Waals surface area contributed by atoms with Crippen LogP contribution in [0, 0.1) is 5.92 Å². The molecule has 1 aromatic heterocycles. The smallest absolute Gasteiger partial charge is 0.0766 e. The Labute approximate surface area is 135 Å². The fraction of sp³-hybridized carbons (Fsp3) is 0.800. The molecule has 3 N–H and O–H groups in total. The molecule has 1 aliphatic rings. The third kappa shape index (κ3) is 4.06. The average Bonchev–Trinajstić information content (AvgIpc) is 2.70. The summed E-state index contributed by atoms with van der Waals surface area (Å²) in [6.45, 7) is 5.00. The van der Waals surface area contributed by atoms with Crippen molar-refractivity contribution in [1.82, 2.24) is 15.2 Å². The summed E-state index contributed by atoms with van der Waals surface area (Å²) in [6.07, 6.45) is 5.73. The molecule has 5 nitrogen and oxygen atoms in total. The average molecular weight is 359 g/mol. The molecule has 1 aliphatic carbocycles. The number of nitrogens with one attached hydrogen (secondary N) is 1. The maximum atomic E-state index is 5.75. The van der Waals surface area contributed by atoms with Crippen LogP contribution in [0.1, 0.15) is 44.5 Å². The Balaban J connectivity index is 1.90. The van der Waals surface area contributed by atoms with Gasteiger partial charge in [-0.15, -0.1) is 0 Å². The summed E-state index contributed by atoms with van der Waals surface area (Å²) in [5.41, 5.74) is 5.31. The first-order valence-electron chi connectivity index (χ1n) is 7.86. The van der Waals surface area contributed by atoms with Crippen molar-refractivity contribution in [3.8, 4) is 0 Å². The van der Waals surface area contributed by atoms with Crippen molar-refractivity contribution >= 4 is 15.9 Å². The first-order chi connectivity index (χ1) is 10.1. The van der Waals surface area contributed by atoms with Crippen molar-refractivity contribution in [2.24, 2.45) is 18.8 Å². The van der Waals surface area contributed by atoms with E-state index in [0.717, 1.165) is 42.0 Å². The summed E-state index contributed by atoms with van der Waals surface area (Å²) in [5.74, 6) is 6.48. The van der Waals surface area contributed by atoms with E-state index in [-0.39, 0.29) is 6.04 Å². The normalized spacial score (nSPS) is 23.1. The number of ether oxygens (including phenoxy) is 1. The van der Waals surface area contributed by atoms with Gasteiger partial charge in [-0.1, -0.05) is 6.92 Å². The molecule has 1 unspecified atom stereocenters. The third-order valence-electron chi connectivity index (χ3n) is 4.39. The number of hydrogen-bond donors (Lipinski definition) is 2. The van der Waals surface area contributed by atoms with Gasteiger partial charge in [0.15, 0.2) is 0 Å². The maximum Gasteiger partial charge on any atom is 0.0766 e. The number of hydrogen-bond acceptors (Lipinski definition) is 4. The summed E-state index contributed by atoms with van der Waals surface area (Å²) in [7, 11) is 2.00. The second-order valence-electron chi connectivity index (χ2n) is 5.90. The Morgan fingerprint density at radius 1 is 1.48 bits per heavy atom. The minimum atomic E-state index is 0.286. The zero-order valence-electron chi connectivity index (χ0n) is 13.2. The molecule has 0 radical (unpaired) electrons. The van der Waals surface area contributed by atoms with Crippen LogP contribution in [0.4, 0.5) is 0 Å². The van der Waals surface area contributed by atoms with Gasteiger partial charge >= 0.3 is 0 Å². The summed E-state index contributed by atoms with van der Waals surface area (Å²) in [4.78, 5) is 0. The van der Waals surface area contributed by atoms with E-state index in [0.29, 0.717) is 6.10 Å². The van der Waals surface area contributed by atoms with Gasteiger partial charge in [0, 0.05) is 26.1 Å². The van der Waals surface area contributed by atoms with Crippen LogP contribution in [0.5, 0.6) is 0 Å². The zero-order valence-corrected chi connectivity index (χ0v) is 14.8. The summed E-state index contributed by atoms with van der Waals surface area (Å²) in [5, 5.41) is 4.55. The van der Waals surface area contributed by atoms with Crippen LogP contribution in [0.3, 0.4) is 0 Å². The Hall–Kier alpha value is -0.430. The molecule has 21 heavy (non-hydrogen) atoms. The van der Waals surface area contributed by atoms with E-state index in [9.17, 15) is 0 Å². The summed E-state index contributed by atoms with van der Waals surface area (Å²) >= 11 is 3.68. The lowest BCUT2D eigenvalue weighted by atomic mass is 9.77. The summed E-state index contributed by atoms with van der Waals surface area (Å²) in [6, 6.07) is 0.286. The first-order valence-corrected chi connectivity index (χ1v) is 8.66. The van der Waals surface area contributed by atoms with Gasteiger partial charge in [0.1, 0.15) is 0 Å². The van der Waals surface area contributed by atoms with Crippen molar-refractivity contribution in [2.75, 3.05) is 6.61 Å². The second-order valence-corrected chi connectivity index (χ2v) is 6.70. The zero-order chi connectivity index (χ0) is 15.4. The Morgan fingerprint density at radius 2 is 2.19 bits per heavy atom. The molecule has 1 aromatic rings. The largest absolute Gasteiger partial charge is 0.378 e. The Kier molecular flexibility index (Phi) is 6.22. The van der Waals surface area contributed by atoms with Gasteiger partial charge in [-0.2, -0.15) is 5.10 Å². The highest BCUT2D eigenvalue weighted by Crippen LogP contribution is 2.34. The molecule has 1 saturated carbocycles. The predicted molar refractivity (Wildman–Crippen MR) is 87.9 cm³/mol. The number of nitrogens with zero attached hydrogens (tertiary/aromatic N) is 2. The predicted octanol–water partition coefficient (Wildman–Crippen LogP) is 2.32. The lowest BCUT2D eigenvalue weighted by Gasteiger charge is -2.37. The molecule has 2 rings (SSSR count). The number of nitrogens with two attached hydrogens (primary N) is 1. The van der Waals surface area contributed by atoms with E-state index >= 15 is 0 Å². The molecule has 6 heteroatoms. The molecule has 0 bridgehead atoms. The first kappa shape index (κ1) is 16.9. The number of aromatic nitrogens is 2. The topological polar surface area (TPSA) is 65.1 Å². The van der Waals surface area contributed by atoms with Crippen molar-refractivity contribution in [2.45, 2.75) is 58.1 Å². The maximum absolute atomic E-state index is 5.75. The highest BCUT2D eigenvalue weighted by atomic mass is 79.9. The molecule has 0 saturated heterocycles. The molecule has 1 atom stereocenters. The minimum Gasteiger partial charge on any atom is -0.378 e. The van der Waals surface area contributed by atoms with Gasteiger partial charge in [-0.3, -0.25) is 16.0 Å². The van der Waals surface area contributed by atoms with Gasteiger partial charge in [-0.25, -0.2) is 0 Å². The van der Waals surface area contributed by atoms with Crippen molar-refractivity contribution < 1.29 is 4.74 Å². The van der Waals surface area contributed by atoms with Crippen LogP contribution in [0.25, 0.3) is 0 Å². The number of hydrazine groups is 1. The standard InChI is InChI=1S/C15H27BrN4O/c1-4-13-15(16)14(20(3)19-13)9-11(18-17)6-10-7-12(8-10)21-5-2/h10-12,18H,4-9,17H2,1-3H3. The van der Waals surface area contributed by atoms with Gasteiger partial charge in [-0.05, 0) is 54.5 Å². The lowest BCUT2D eigenvalue weighted by molar-refractivity contribution is -0.0290. The summed E-state index contributed by atoms with van der Waals surface area (Å²) < 4.78 is 8.73. The van der Waals surface area contributed by atoms with Crippen LogP contribution in [0.2, 0.25) is 0 Å². The fourth-order valence-corrected chi connectivity index (χ4v) is 3.90. The molecular weight excluding hydrogens is 332 g/mol. The highest BCUT2D eigenvalue weighted by Gasteiger charge is 2.31. The number of rotatable bonds is 8. The van der Waals surface area contributed by atoms with E-state index in [1.807, 2.05) is 11.7 Å². The number of aryl methyl sites for hydroxylation is 2. The van der Waals surface area contributed by atoms with Crippen LogP contribution in [-0.2, 0) is 24.6 Å². The van der Waals surface area contributed by atoms with Gasteiger partial charge in [0.05, 0.1) is 22.0 Å². The fourth-order valence-electron chi connectivity index (χ4n) is 3.13. The monoisotopic (exact) mass is 358 g/mol. The van der Waals surface area contributed by atoms with Gasteiger partial charge in [0.25, 0.3) is 0 Å². The third-order valence-corrected chi connectivity index (χ3v) is 5.31. The molecule has 1 heterocycles. The molecule has 0 aliphatic heterocycles. The quantitative estimate of drug-likeness (QED) is 0.552. The molecule has 1 fully saturated rings. The van der Waals surface area contributed by atoms with Crippen molar-refractivity contribution in [3.05, 3.63) is 15.9 Å². The Bertz CT molecular complexity index is 457. The second kappa shape index (κ2) is 7.72. The van der Waals surface area contributed by atoms with E-state index < -0.39 is 0 Å². The van der Waals surface area contributed by atoms with E-state index in [4.69, 9.17) is 10.6 Å². The molecule has 120 valence electrons. The molecule has 0 aromatic carbocycles. The number of halogens is 1.